The van der Waals surface area contributed by atoms with E-state index in [1.165, 1.54) is 17.8 Å². The lowest BCUT2D eigenvalue weighted by Gasteiger charge is -2.13. The minimum Gasteiger partial charge on any atom is -0.424 e. The first-order chi connectivity index (χ1) is 12.7. The van der Waals surface area contributed by atoms with E-state index >= 15 is 0 Å². The van der Waals surface area contributed by atoms with E-state index in [-0.39, 0.29) is 29.4 Å². The molecule has 0 aliphatic heterocycles. The number of anilines is 1. The Morgan fingerprint density at radius 1 is 1.22 bits per heavy atom. The third-order valence-electron chi connectivity index (χ3n) is 3.21. The summed E-state index contributed by atoms with van der Waals surface area (Å²) >= 11 is 1.33. The van der Waals surface area contributed by atoms with Crippen molar-refractivity contribution in [2.75, 3.05) is 16.8 Å². The monoisotopic (exact) mass is 402 g/mol. The maximum atomic E-state index is 13.1. The summed E-state index contributed by atoms with van der Waals surface area (Å²) in [5.41, 5.74) is -1.40. The Balaban J connectivity index is 2.18. The molecule has 0 radical (unpaired) electrons. The molecule has 0 spiro atoms. The van der Waals surface area contributed by atoms with Crippen LogP contribution in [0.25, 0.3) is 0 Å². The van der Waals surface area contributed by atoms with E-state index in [1.54, 1.807) is 6.92 Å². The summed E-state index contributed by atoms with van der Waals surface area (Å²) in [6.45, 7) is 3.29. The number of nitrogens with zero attached hydrogens (tertiary/aromatic N) is 2. The number of carbonyl (C=O) groups is 2. The molecule has 2 N–H and O–H groups in total. The average Bonchev–Trinajstić information content (AvgIpc) is 3.02. The number of alkyl halides is 3. The van der Waals surface area contributed by atoms with Gasteiger partial charge in [0.1, 0.15) is 0 Å². The molecule has 11 heteroatoms. The van der Waals surface area contributed by atoms with Crippen molar-refractivity contribution in [2.45, 2.75) is 26.6 Å². The molecular formula is C16H17F3N4O3S. The number of benzene rings is 1. The average molecular weight is 402 g/mol. The number of thioether (sulfide) groups is 1. The minimum absolute atomic E-state index is 0.102. The fraction of sp³-hybridized carbons (Fsp3) is 0.375. The zero-order valence-corrected chi connectivity index (χ0v) is 15.3. The number of rotatable bonds is 7. The van der Waals surface area contributed by atoms with Crippen LogP contribution in [0.4, 0.5) is 18.9 Å². The number of amides is 2. The maximum Gasteiger partial charge on any atom is 0.416 e. The largest absolute Gasteiger partial charge is 0.424 e. The van der Waals surface area contributed by atoms with Gasteiger partial charge in [-0.05, 0) is 24.0 Å². The normalized spacial score (nSPS) is 11.3. The van der Waals surface area contributed by atoms with Gasteiger partial charge >= 0.3 is 6.18 Å². The lowest BCUT2D eigenvalue weighted by molar-refractivity contribution is -0.137. The molecule has 0 bridgehead atoms. The molecule has 0 aliphatic carbocycles. The van der Waals surface area contributed by atoms with Gasteiger partial charge in [-0.25, -0.2) is 0 Å². The Bertz CT molecular complexity index is 823. The van der Waals surface area contributed by atoms with Crippen LogP contribution in [0.5, 0.6) is 0 Å². The number of hydrogen-bond donors (Lipinski definition) is 2. The maximum absolute atomic E-state index is 13.1. The summed E-state index contributed by atoms with van der Waals surface area (Å²) in [5, 5.41) is 12.1. The van der Waals surface area contributed by atoms with Gasteiger partial charge in [0.05, 0.1) is 17.9 Å². The van der Waals surface area contributed by atoms with Gasteiger partial charge in [-0.1, -0.05) is 6.92 Å². The molecule has 146 valence electrons. The highest BCUT2D eigenvalue weighted by molar-refractivity contribution is 7.99. The van der Waals surface area contributed by atoms with Crippen LogP contribution in [0.1, 0.15) is 34.6 Å². The highest BCUT2D eigenvalue weighted by atomic mass is 32.2. The molecule has 0 saturated heterocycles. The van der Waals surface area contributed by atoms with Gasteiger partial charge in [0.2, 0.25) is 17.7 Å². The van der Waals surface area contributed by atoms with Crippen LogP contribution >= 0.6 is 11.8 Å². The fourth-order valence-electron chi connectivity index (χ4n) is 2.05. The Kier molecular flexibility index (Phi) is 6.83. The molecular weight excluding hydrogens is 385 g/mol. The first-order valence-electron chi connectivity index (χ1n) is 7.86. The van der Waals surface area contributed by atoms with Crippen molar-refractivity contribution in [1.82, 2.24) is 15.5 Å². The van der Waals surface area contributed by atoms with Crippen molar-refractivity contribution in [3.63, 3.8) is 0 Å². The van der Waals surface area contributed by atoms with E-state index in [4.69, 9.17) is 4.42 Å². The number of carbonyl (C=O) groups excluding carboxylic acids is 2. The van der Waals surface area contributed by atoms with Crippen LogP contribution in [-0.2, 0) is 17.5 Å². The summed E-state index contributed by atoms with van der Waals surface area (Å²) in [7, 11) is 0. The van der Waals surface area contributed by atoms with Crippen molar-refractivity contribution in [3.05, 3.63) is 41.1 Å². The first-order valence-corrected chi connectivity index (χ1v) is 9.01. The first kappa shape index (κ1) is 20.7. The van der Waals surface area contributed by atoms with E-state index in [2.05, 4.69) is 20.8 Å². The number of nitrogens with one attached hydrogen (secondary N) is 2. The zero-order chi connectivity index (χ0) is 20.0. The Morgan fingerprint density at radius 3 is 2.56 bits per heavy atom. The lowest BCUT2D eigenvalue weighted by Crippen LogP contribution is -2.24. The molecule has 0 fully saturated rings. The molecule has 1 aromatic heterocycles. The minimum atomic E-state index is -4.67. The summed E-state index contributed by atoms with van der Waals surface area (Å²) in [4.78, 5) is 24.0. The Hall–Kier alpha value is -2.56. The van der Waals surface area contributed by atoms with Crippen molar-refractivity contribution >= 4 is 29.3 Å². The van der Waals surface area contributed by atoms with Gasteiger partial charge in [0, 0.05) is 18.2 Å². The number of hydrogen-bond acceptors (Lipinski definition) is 6. The predicted molar refractivity (Wildman–Crippen MR) is 93.3 cm³/mol. The second-order valence-electron chi connectivity index (χ2n) is 5.38. The van der Waals surface area contributed by atoms with Crippen molar-refractivity contribution in [1.29, 1.82) is 0 Å². The molecule has 27 heavy (non-hydrogen) atoms. The summed E-state index contributed by atoms with van der Waals surface area (Å²) in [5.74, 6) is -0.000629. The molecule has 2 aromatic rings. The highest BCUT2D eigenvalue weighted by Crippen LogP contribution is 2.32. The predicted octanol–water partition coefficient (Wildman–Crippen LogP) is 3.02. The van der Waals surface area contributed by atoms with Crippen LogP contribution in [-0.4, -0.2) is 33.5 Å². The molecule has 1 heterocycles. The van der Waals surface area contributed by atoms with Crippen molar-refractivity contribution < 1.29 is 27.2 Å². The van der Waals surface area contributed by atoms with Gasteiger partial charge in [-0.3, -0.25) is 9.59 Å². The summed E-state index contributed by atoms with van der Waals surface area (Å²) < 4.78 is 44.5. The van der Waals surface area contributed by atoms with E-state index in [0.29, 0.717) is 17.7 Å². The molecule has 0 unspecified atom stereocenters. The van der Waals surface area contributed by atoms with E-state index in [9.17, 15) is 22.8 Å². The Morgan fingerprint density at radius 2 is 1.96 bits per heavy atom. The van der Waals surface area contributed by atoms with Crippen LogP contribution in [0.2, 0.25) is 0 Å². The standard InChI is InChI=1S/C16H17F3N4O3S/c1-3-27-8-13(24)21-12-5-10(4-11(6-12)16(17,18)19)15(25)20-7-14-23-22-9(2)26-14/h4-6H,3,7-8H2,1-2H3,(H,20,25)(H,21,24). The second kappa shape index (κ2) is 8.89. The molecule has 1 aromatic carbocycles. The van der Waals surface area contributed by atoms with Crippen LogP contribution in [0.3, 0.4) is 0 Å². The number of aryl methyl sites for hydroxylation is 1. The smallest absolute Gasteiger partial charge is 0.416 e. The topological polar surface area (TPSA) is 97.1 Å². The van der Waals surface area contributed by atoms with Crippen molar-refractivity contribution in [2.24, 2.45) is 0 Å². The molecule has 2 amide bonds. The fourth-order valence-corrected chi connectivity index (χ4v) is 2.51. The molecule has 0 saturated carbocycles. The van der Waals surface area contributed by atoms with Crippen LogP contribution in [0.15, 0.2) is 22.6 Å². The highest BCUT2D eigenvalue weighted by Gasteiger charge is 2.32. The molecule has 0 aliphatic rings. The zero-order valence-electron chi connectivity index (χ0n) is 14.5. The van der Waals surface area contributed by atoms with Gasteiger partial charge in [0.25, 0.3) is 5.91 Å². The lowest BCUT2D eigenvalue weighted by atomic mass is 10.1. The summed E-state index contributed by atoms with van der Waals surface area (Å²) in [6.07, 6.45) is -4.67. The van der Waals surface area contributed by atoms with Crippen LogP contribution < -0.4 is 10.6 Å². The van der Waals surface area contributed by atoms with Crippen LogP contribution in [0, 0.1) is 6.92 Å². The van der Waals surface area contributed by atoms with Gasteiger partial charge in [0.15, 0.2) is 0 Å². The second-order valence-corrected chi connectivity index (χ2v) is 6.65. The van der Waals surface area contributed by atoms with E-state index in [1.807, 2.05) is 6.92 Å². The number of halogens is 3. The summed E-state index contributed by atoms with van der Waals surface area (Å²) in [6, 6.07) is 2.68. The molecule has 7 nitrogen and oxygen atoms in total. The van der Waals surface area contributed by atoms with Gasteiger partial charge < -0.3 is 15.1 Å². The number of aromatic nitrogens is 2. The van der Waals surface area contributed by atoms with Gasteiger partial charge in [-0.15, -0.1) is 10.2 Å². The van der Waals surface area contributed by atoms with E-state index < -0.39 is 23.6 Å². The molecule has 0 atom stereocenters. The Labute approximate surface area is 157 Å². The van der Waals surface area contributed by atoms with Gasteiger partial charge in [-0.2, -0.15) is 24.9 Å². The van der Waals surface area contributed by atoms with E-state index in [0.717, 1.165) is 6.07 Å². The quantitative estimate of drug-likeness (QED) is 0.739. The molecule has 2 rings (SSSR count). The third-order valence-corrected chi connectivity index (χ3v) is 4.09. The van der Waals surface area contributed by atoms with Crippen molar-refractivity contribution in [3.8, 4) is 0 Å². The SMILES string of the molecule is CCSCC(=O)Nc1cc(C(=O)NCc2nnc(C)o2)cc(C(F)(F)F)c1. The third kappa shape index (κ3) is 6.27.